The average Bonchev–Trinajstić information content (AvgIpc) is 3.27. The van der Waals surface area contributed by atoms with Crippen molar-refractivity contribution in [3.63, 3.8) is 0 Å². The summed E-state index contributed by atoms with van der Waals surface area (Å²) in [4.78, 5) is 18.7. The van der Waals surface area contributed by atoms with Crippen molar-refractivity contribution in [3.8, 4) is 0 Å². The number of aryl methyl sites for hydroxylation is 1. The molecule has 0 bridgehead atoms. The normalized spacial score (nSPS) is 22.4. The van der Waals surface area contributed by atoms with Crippen molar-refractivity contribution >= 4 is 5.91 Å². The van der Waals surface area contributed by atoms with Gasteiger partial charge in [0.05, 0.1) is 6.54 Å². The van der Waals surface area contributed by atoms with Crippen LogP contribution >= 0.6 is 0 Å². The first kappa shape index (κ1) is 18.3. The van der Waals surface area contributed by atoms with E-state index in [1.807, 2.05) is 6.92 Å². The molecule has 0 aromatic carbocycles. The van der Waals surface area contributed by atoms with Gasteiger partial charge in [-0.3, -0.25) is 9.69 Å². The van der Waals surface area contributed by atoms with Crippen molar-refractivity contribution < 1.29 is 9.32 Å². The van der Waals surface area contributed by atoms with E-state index < -0.39 is 0 Å². The number of hydrogen-bond acceptors (Lipinski definition) is 6. The number of nitrogens with zero attached hydrogens (tertiary/aromatic N) is 3. The zero-order valence-corrected chi connectivity index (χ0v) is 15.3. The van der Waals surface area contributed by atoms with E-state index >= 15 is 0 Å². The van der Waals surface area contributed by atoms with Gasteiger partial charge in [0.15, 0.2) is 5.82 Å². The maximum Gasteiger partial charge on any atom is 0.226 e. The average molecular weight is 349 g/mol. The molecule has 1 aromatic rings. The highest BCUT2D eigenvalue weighted by atomic mass is 16.5. The summed E-state index contributed by atoms with van der Waals surface area (Å²) in [6.07, 6.45) is 8.46. The Morgan fingerprint density at radius 1 is 1.24 bits per heavy atom. The van der Waals surface area contributed by atoms with Gasteiger partial charge in [0, 0.05) is 38.0 Å². The topological polar surface area (TPSA) is 83.3 Å². The second-order valence-electron chi connectivity index (χ2n) is 7.29. The van der Waals surface area contributed by atoms with E-state index in [0.29, 0.717) is 24.4 Å². The van der Waals surface area contributed by atoms with Gasteiger partial charge in [-0.1, -0.05) is 24.9 Å². The van der Waals surface area contributed by atoms with Crippen LogP contribution in [0.25, 0.3) is 0 Å². The number of hydrogen-bond donors (Lipinski definition) is 2. The zero-order chi connectivity index (χ0) is 17.5. The summed E-state index contributed by atoms with van der Waals surface area (Å²) in [5, 5.41) is 10.7. The van der Waals surface area contributed by atoms with Crippen molar-refractivity contribution in [3.05, 3.63) is 11.7 Å². The fraction of sp³-hybridized carbons (Fsp3) is 0.833. The Kier molecular flexibility index (Phi) is 6.81. The molecule has 2 fully saturated rings. The number of amides is 1. The Morgan fingerprint density at radius 2 is 2.04 bits per heavy atom. The summed E-state index contributed by atoms with van der Waals surface area (Å²) in [6, 6.07) is 0.853. The summed E-state index contributed by atoms with van der Waals surface area (Å²) >= 11 is 0. The molecule has 25 heavy (non-hydrogen) atoms. The fourth-order valence-electron chi connectivity index (χ4n) is 3.82. The first-order chi connectivity index (χ1) is 12.2. The Bertz CT molecular complexity index is 541. The van der Waals surface area contributed by atoms with Gasteiger partial charge in [0.25, 0.3) is 0 Å². The van der Waals surface area contributed by atoms with Crippen molar-refractivity contribution in [1.29, 1.82) is 0 Å². The SMILES string of the molecule is CCc1nc(CN2CCCC(NCCC(=O)NC3CCCC3)C2)no1. The van der Waals surface area contributed by atoms with Gasteiger partial charge in [-0.15, -0.1) is 0 Å². The maximum absolute atomic E-state index is 12.0. The Morgan fingerprint density at radius 3 is 2.80 bits per heavy atom. The summed E-state index contributed by atoms with van der Waals surface area (Å²) in [6.45, 7) is 5.54. The van der Waals surface area contributed by atoms with Crippen LogP contribution < -0.4 is 10.6 Å². The van der Waals surface area contributed by atoms with Crippen molar-refractivity contribution in [2.24, 2.45) is 0 Å². The van der Waals surface area contributed by atoms with Gasteiger partial charge in [-0.25, -0.2) is 0 Å². The molecule has 1 aliphatic carbocycles. The van der Waals surface area contributed by atoms with E-state index in [1.54, 1.807) is 0 Å². The lowest BCUT2D eigenvalue weighted by Crippen LogP contribution is -2.46. The Balaban J connectivity index is 1.34. The van der Waals surface area contributed by atoms with Crippen LogP contribution in [0.3, 0.4) is 0 Å². The Hall–Kier alpha value is -1.47. The third kappa shape index (κ3) is 5.78. The van der Waals surface area contributed by atoms with Crippen LogP contribution in [-0.4, -0.2) is 52.7 Å². The van der Waals surface area contributed by atoms with E-state index in [-0.39, 0.29) is 5.91 Å². The van der Waals surface area contributed by atoms with Crippen molar-refractivity contribution in [1.82, 2.24) is 25.7 Å². The zero-order valence-electron chi connectivity index (χ0n) is 15.3. The minimum atomic E-state index is 0.186. The fourth-order valence-corrected chi connectivity index (χ4v) is 3.82. The van der Waals surface area contributed by atoms with Crippen LogP contribution in [0.4, 0.5) is 0 Å². The molecule has 0 radical (unpaired) electrons. The lowest BCUT2D eigenvalue weighted by molar-refractivity contribution is -0.121. The predicted molar refractivity (Wildman–Crippen MR) is 95.0 cm³/mol. The smallest absolute Gasteiger partial charge is 0.226 e. The molecule has 1 unspecified atom stereocenters. The highest BCUT2D eigenvalue weighted by Crippen LogP contribution is 2.17. The first-order valence-corrected chi connectivity index (χ1v) is 9.79. The van der Waals surface area contributed by atoms with E-state index in [2.05, 4.69) is 25.7 Å². The molecule has 3 rings (SSSR count). The van der Waals surface area contributed by atoms with Gasteiger partial charge >= 0.3 is 0 Å². The van der Waals surface area contributed by atoms with Crippen LogP contribution in [0.5, 0.6) is 0 Å². The molecular weight excluding hydrogens is 318 g/mol. The summed E-state index contributed by atoms with van der Waals surface area (Å²) in [7, 11) is 0. The number of aromatic nitrogens is 2. The van der Waals surface area contributed by atoms with Crippen LogP contribution in [0.15, 0.2) is 4.52 Å². The quantitative estimate of drug-likeness (QED) is 0.742. The lowest BCUT2D eigenvalue weighted by atomic mass is 10.1. The number of piperidine rings is 1. The van der Waals surface area contributed by atoms with Crippen LogP contribution in [0.2, 0.25) is 0 Å². The van der Waals surface area contributed by atoms with E-state index in [9.17, 15) is 4.79 Å². The number of likely N-dealkylation sites (tertiary alicyclic amines) is 1. The summed E-state index contributed by atoms with van der Waals surface area (Å²) in [5.74, 6) is 1.66. The molecule has 2 N–H and O–H groups in total. The standard InChI is InChI=1S/C18H31N5O2/c1-2-18-21-16(22-25-18)13-23-11-5-8-15(12-23)19-10-9-17(24)20-14-6-3-4-7-14/h14-15,19H,2-13H2,1H3,(H,20,24). The number of carbonyl (C=O) groups excluding carboxylic acids is 1. The highest BCUT2D eigenvalue weighted by molar-refractivity contribution is 5.76. The molecule has 7 heteroatoms. The molecule has 2 heterocycles. The lowest BCUT2D eigenvalue weighted by Gasteiger charge is -2.32. The minimum absolute atomic E-state index is 0.186. The van der Waals surface area contributed by atoms with Crippen LogP contribution in [-0.2, 0) is 17.8 Å². The number of rotatable bonds is 8. The highest BCUT2D eigenvalue weighted by Gasteiger charge is 2.22. The number of nitrogens with one attached hydrogen (secondary N) is 2. The molecule has 1 aromatic heterocycles. The molecule has 1 saturated heterocycles. The summed E-state index contributed by atoms with van der Waals surface area (Å²) < 4.78 is 5.18. The van der Waals surface area contributed by atoms with Crippen LogP contribution in [0, 0.1) is 0 Å². The minimum Gasteiger partial charge on any atom is -0.353 e. The largest absolute Gasteiger partial charge is 0.353 e. The second-order valence-corrected chi connectivity index (χ2v) is 7.29. The van der Waals surface area contributed by atoms with E-state index in [1.165, 1.54) is 12.8 Å². The monoisotopic (exact) mass is 349 g/mol. The molecular formula is C18H31N5O2. The molecule has 1 aliphatic heterocycles. The molecule has 1 amide bonds. The van der Waals surface area contributed by atoms with Gasteiger partial charge in [-0.05, 0) is 32.2 Å². The van der Waals surface area contributed by atoms with Crippen molar-refractivity contribution in [2.45, 2.75) is 76.9 Å². The van der Waals surface area contributed by atoms with E-state index in [0.717, 1.165) is 64.1 Å². The number of carbonyl (C=O) groups is 1. The molecule has 1 saturated carbocycles. The van der Waals surface area contributed by atoms with E-state index in [4.69, 9.17) is 4.52 Å². The summed E-state index contributed by atoms with van der Waals surface area (Å²) in [5.41, 5.74) is 0. The van der Waals surface area contributed by atoms with Gasteiger partial charge in [0.1, 0.15) is 0 Å². The third-order valence-corrected chi connectivity index (χ3v) is 5.19. The molecule has 7 nitrogen and oxygen atoms in total. The van der Waals surface area contributed by atoms with Gasteiger partial charge in [0.2, 0.25) is 11.8 Å². The molecule has 0 spiro atoms. The third-order valence-electron chi connectivity index (χ3n) is 5.19. The second kappa shape index (κ2) is 9.29. The molecule has 140 valence electrons. The van der Waals surface area contributed by atoms with Crippen LogP contribution in [0.1, 0.15) is 63.6 Å². The molecule has 2 aliphatic rings. The maximum atomic E-state index is 12.0. The molecule has 1 atom stereocenters. The van der Waals surface area contributed by atoms with Crippen molar-refractivity contribution in [2.75, 3.05) is 19.6 Å². The van der Waals surface area contributed by atoms with Gasteiger partial charge < -0.3 is 15.2 Å². The van der Waals surface area contributed by atoms with Gasteiger partial charge in [-0.2, -0.15) is 4.98 Å². The first-order valence-electron chi connectivity index (χ1n) is 9.79. The Labute approximate surface area is 149 Å². The predicted octanol–water partition coefficient (Wildman–Crippen LogP) is 1.63.